The molecule has 0 radical (unpaired) electrons. The topological polar surface area (TPSA) is 98.5 Å². The Morgan fingerprint density at radius 1 is 0.738 bits per heavy atom. The minimum Gasteiger partial charge on any atom is -0.466 e. The molecule has 6 nitrogen and oxygen atoms in total. The second-order valence-corrected chi connectivity index (χ2v) is 11.9. The van der Waals surface area contributed by atoms with E-state index in [0.717, 1.165) is 30.4 Å². The molecule has 2 rings (SSSR count). The molecule has 2 aromatic carbocycles. The van der Waals surface area contributed by atoms with Crippen molar-refractivity contribution in [2.24, 2.45) is 17.6 Å². The lowest BCUT2D eigenvalue weighted by atomic mass is 9.84. The van der Waals surface area contributed by atoms with E-state index in [4.69, 9.17) is 10.5 Å². The number of carbonyl (C=O) groups excluding carboxylic acids is 3. The summed E-state index contributed by atoms with van der Waals surface area (Å²) in [5.74, 6) is -2.12. The summed E-state index contributed by atoms with van der Waals surface area (Å²) in [5, 5.41) is 3.02. The molecule has 0 fully saturated rings. The van der Waals surface area contributed by atoms with Crippen molar-refractivity contribution in [2.75, 3.05) is 6.61 Å². The van der Waals surface area contributed by atoms with Crippen LogP contribution in [0, 0.1) is 11.8 Å². The van der Waals surface area contributed by atoms with E-state index in [9.17, 15) is 14.4 Å². The highest BCUT2D eigenvalue weighted by molar-refractivity contribution is 5.91. The number of benzene rings is 2. The van der Waals surface area contributed by atoms with Gasteiger partial charge in [0.2, 0.25) is 11.8 Å². The average Bonchev–Trinajstić information content (AvgIpc) is 2.98. The van der Waals surface area contributed by atoms with Gasteiger partial charge in [-0.3, -0.25) is 14.4 Å². The van der Waals surface area contributed by atoms with Crippen LogP contribution in [0.15, 0.2) is 60.7 Å². The predicted octanol–water partition coefficient (Wildman–Crippen LogP) is 7.33. The second-order valence-electron chi connectivity index (χ2n) is 11.9. The quantitative estimate of drug-likeness (QED) is 0.113. The van der Waals surface area contributed by atoms with Crippen molar-refractivity contribution in [3.63, 3.8) is 0 Å². The van der Waals surface area contributed by atoms with Crippen molar-refractivity contribution < 1.29 is 19.1 Å². The lowest BCUT2D eigenvalue weighted by molar-refractivity contribution is -0.149. The lowest BCUT2D eigenvalue weighted by Crippen LogP contribution is -2.57. The fourth-order valence-corrected chi connectivity index (χ4v) is 5.53. The van der Waals surface area contributed by atoms with Crippen LogP contribution in [0.1, 0.15) is 109 Å². The van der Waals surface area contributed by atoms with E-state index in [1.54, 1.807) is 13.8 Å². The van der Waals surface area contributed by atoms with Crippen LogP contribution in [0.3, 0.4) is 0 Å². The molecule has 3 N–H and O–H groups in total. The summed E-state index contributed by atoms with van der Waals surface area (Å²) in [7, 11) is 0. The van der Waals surface area contributed by atoms with Gasteiger partial charge in [0.25, 0.3) is 0 Å². The van der Waals surface area contributed by atoms with E-state index >= 15 is 0 Å². The zero-order valence-corrected chi connectivity index (χ0v) is 26.2. The van der Waals surface area contributed by atoms with Gasteiger partial charge in [-0.2, -0.15) is 0 Å². The molecular weight excluding hydrogens is 524 g/mol. The van der Waals surface area contributed by atoms with E-state index in [2.05, 4.69) is 12.2 Å². The van der Waals surface area contributed by atoms with Crippen LogP contribution in [0.25, 0.3) is 0 Å². The number of hydrogen-bond acceptors (Lipinski definition) is 4. The first-order valence-corrected chi connectivity index (χ1v) is 16.2. The first-order chi connectivity index (χ1) is 20.3. The Bertz CT molecular complexity index is 1040. The van der Waals surface area contributed by atoms with Gasteiger partial charge >= 0.3 is 5.97 Å². The molecule has 0 aliphatic carbocycles. The van der Waals surface area contributed by atoms with E-state index < -0.39 is 23.3 Å². The Kier molecular flexibility index (Phi) is 16.6. The Morgan fingerprint density at radius 2 is 1.21 bits per heavy atom. The Hall–Kier alpha value is -3.15. The third-order valence-electron chi connectivity index (χ3n) is 8.18. The summed E-state index contributed by atoms with van der Waals surface area (Å²) in [6.45, 7) is 6.03. The number of nitrogens with two attached hydrogens (primary N) is 1. The second kappa shape index (κ2) is 19.9. The molecule has 0 saturated heterocycles. The molecule has 0 aliphatic rings. The number of ether oxygens (including phenoxy) is 1. The van der Waals surface area contributed by atoms with Crippen molar-refractivity contribution in [3.05, 3.63) is 71.8 Å². The smallest absolute Gasteiger partial charge is 0.309 e. The van der Waals surface area contributed by atoms with E-state index in [1.165, 1.54) is 44.9 Å². The van der Waals surface area contributed by atoms with Gasteiger partial charge in [0.15, 0.2) is 0 Å². The van der Waals surface area contributed by atoms with Crippen molar-refractivity contribution in [2.45, 2.75) is 116 Å². The summed E-state index contributed by atoms with van der Waals surface area (Å²) in [4.78, 5) is 39.5. The molecule has 0 heterocycles. The number of unbranched alkanes of at least 4 members (excludes halogenated alkanes) is 9. The zero-order valence-electron chi connectivity index (χ0n) is 26.2. The van der Waals surface area contributed by atoms with Crippen molar-refractivity contribution in [1.82, 2.24) is 5.32 Å². The highest BCUT2D eigenvalue weighted by Crippen LogP contribution is 2.25. The third kappa shape index (κ3) is 13.2. The summed E-state index contributed by atoms with van der Waals surface area (Å²) >= 11 is 0. The van der Waals surface area contributed by atoms with Crippen molar-refractivity contribution >= 4 is 17.8 Å². The fraction of sp³-hybridized carbons (Fsp3) is 0.583. The lowest BCUT2D eigenvalue weighted by Gasteiger charge is -2.31. The van der Waals surface area contributed by atoms with Crippen LogP contribution < -0.4 is 11.1 Å². The molecule has 3 atom stereocenters. The highest BCUT2D eigenvalue weighted by atomic mass is 16.5. The minimum atomic E-state index is -1.15. The largest absolute Gasteiger partial charge is 0.466 e. The minimum absolute atomic E-state index is 0.255. The standard InChI is InChI=1S/C36H54N2O4/c1-4-6-7-8-9-10-11-12-13-20-25-36(3,35(37)41)38-33(39)31(26-29-21-16-14-17-22-29)28-32(34(40)42-5-2)27-30-23-18-15-19-24-30/h14-19,21-24,31-32H,4-13,20,25-28H2,1-3H3,(H2,37,41)(H,38,39). The fourth-order valence-electron chi connectivity index (χ4n) is 5.53. The monoisotopic (exact) mass is 578 g/mol. The maximum atomic E-state index is 13.8. The molecule has 2 amide bonds. The molecule has 0 aliphatic heterocycles. The summed E-state index contributed by atoms with van der Waals surface area (Å²) in [5.41, 5.74) is 6.72. The molecule has 6 heteroatoms. The van der Waals surface area contributed by atoms with E-state index in [-0.39, 0.29) is 18.5 Å². The van der Waals surface area contributed by atoms with Gasteiger partial charge in [0.1, 0.15) is 5.54 Å². The van der Waals surface area contributed by atoms with Gasteiger partial charge < -0.3 is 15.8 Å². The number of carbonyl (C=O) groups is 3. The molecule has 3 unspecified atom stereocenters. The van der Waals surface area contributed by atoms with Gasteiger partial charge in [-0.15, -0.1) is 0 Å². The molecule has 0 saturated carbocycles. The van der Waals surface area contributed by atoms with Crippen LogP contribution in [-0.2, 0) is 32.0 Å². The molecule has 0 bridgehead atoms. The molecule has 0 aromatic heterocycles. The number of rotatable bonds is 22. The predicted molar refractivity (Wildman–Crippen MR) is 171 cm³/mol. The molecule has 2 aromatic rings. The number of amides is 2. The Morgan fingerprint density at radius 3 is 1.69 bits per heavy atom. The SMILES string of the molecule is CCCCCCCCCCCCC(C)(NC(=O)C(Cc1ccccc1)CC(Cc1ccccc1)C(=O)OCC)C(N)=O. The van der Waals surface area contributed by atoms with Gasteiger partial charge in [0, 0.05) is 5.92 Å². The summed E-state index contributed by atoms with van der Waals surface area (Å²) < 4.78 is 5.42. The van der Waals surface area contributed by atoms with Crippen LogP contribution in [-0.4, -0.2) is 29.9 Å². The number of primary amides is 1. The van der Waals surface area contributed by atoms with Crippen LogP contribution in [0.5, 0.6) is 0 Å². The maximum Gasteiger partial charge on any atom is 0.309 e. The number of hydrogen-bond donors (Lipinski definition) is 2. The average molecular weight is 579 g/mol. The Labute approximate surface area is 254 Å². The molecule has 232 valence electrons. The van der Waals surface area contributed by atoms with Gasteiger partial charge in [-0.05, 0) is 50.7 Å². The number of nitrogens with one attached hydrogen (secondary N) is 1. The van der Waals surface area contributed by atoms with Crippen molar-refractivity contribution in [3.8, 4) is 0 Å². The number of esters is 1. The van der Waals surface area contributed by atoms with Crippen LogP contribution in [0.4, 0.5) is 0 Å². The van der Waals surface area contributed by atoms with Crippen LogP contribution in [0.2, 0.25) is 0 Å². The van der Waals surface area contributed by atoms with Gasteiger partial charge in [0.05, 0.1) is 12.5 Å². The molecule has 0 spiro atoms. The maximum absolute atomic E-state index is 13.8. The summed E-state index contributed by atoms with van der Waals surface area (Å²) in [6, 6.07) is 19.6. The summed E-state index contributed by atoms with van der Waals surface area (Å²) in [6.07, 6.45) is 13.6. The Balaban J connectivity index is 2.07. The van der Waals surface area contributed by atoms with E-state index in [0.29, 0.717) is 25.7 Å². The zero-order chi connectivity index (χ0) is 30.6. The first-order valence-electron chi connectivity index (χ1n) is 16.2. The first kappa shape index (κ1) is 35.0. The third-order valence-corrected chi connectivity index (χ3v) is 8.18. The molecule has 42 heavy (non-hydrogen) atoms. The van der Waals surface area contributed by atoms with Crippen LogP contribution >= 0.6 is 0 Å². The molecular formula is C36H54N2O4. The normalized spacial score (nSPS) is 14.0. The van der Waals surface area contributed by atoms with E-state index in [1.807, 2.05) is 60.7 Å². The highest BCUT2D eigenvalue weighted by Gasteiger charge is 2.36. The van der Waals surface area contributed by atoms with Gasteiger partial charge in [-0.25, -0.2) is 0 Å². The van der Waals surface area contributed by atoms with Crippen molar-refractivity contribution in [1.29, 1.82) is 0 Å². The van der Waals surface area contributed by atoms with Gasteiger partial charge in [-0.1, -0.05) is 132 Å².